The molecule has 1 rings (SSSR count). The Bertz CT molecular complexity index is 300. The van der Waals surface area contributed by atoms with Crippen molar-refractivity contribution in [2.24, 2.45) is 0 Å². The van der Waals surface area contributed by atoms with E-state index in [2.05, 4.69) is 15.9 Å². The van der Waals surface area contributed by atoms with E-state index >= 15 is 0 Å². The SMILES string of the molecule is C#CC(C)(C)OCc1cncnc1. The molecule has 0 aliphatic heterocycles. The smallest absolute Gasteiger partial charge is 0.123 e. The highest BCUT2D eigenvalue weighted by molar-refractivity contribution is 5.05. The van der Waals surface area contributed by atoms with E-state index in [1.807, 2.05) is 13.8 Å². The molecule has 1 heterocycles. The van der Waals surface area contributed by atoms with Crippen molar-refractivity contribution in [2.45, 2.75) is 26.1 Å². The van der Waals surface area contributed by atoms with Gasteiger partial charge in [0.05, 0.1) is 6.61 Å². The zero-order valence-corrected chi connectivity index (χ0v) is 7.82. The van der Waals surface area contributed by atoms with Gasteiger partial charge in [-0.2, -0.15) is 0 Å². The summed E-state index contributed by atoms with van der Waals surface area (Å²) in [5, 5.41) is 0. The molecule has 0 atom stereocenters. The molecule has 0 saturated heterocycles. The lowest BCUT2D eigenvalue weighted by Gasteiger charge is -2.17. The molecule has 0 unspecified atom stereocenters. The summed E-state index contributed by atoms with van der Waals surface area (Å²) in [4.78, 5) is 7.74. The number of aromatic nitrogens is 2. The van der Waals surface area contributed by atoms with E-state index in [1.165, 1.54) is 6.33 Å². The van der Waals surface area contributed by atoms with Gasteiger partial charge in [-0.05, 0) is 13.8 Å². The van der Waals surface area contributed by atoms with E-state index in [9.17, 15) is 0 Å². The molecule has 0 fully saturated rings. The fourth-order valence-electron chi connectivity index (χ4n) is 0.710. The Balaban J connectivity index is 2.50. The zero-order chi connectivity index (χ0) is 9.73. The van der Waals surface area contributed by atoms with Crippen LogP contribution in [0.2, 0.25) is 0 Å². The first-order valence-corrected chi connectivity index (χ1v) is 4.00. The van der Waals surface area contributed by atoms with Crippen LogP contribution in [0.4, 0.5) is 0 Å². The second kappa shape index (κ2) is 4.01. The van der Waals surface area contributed by atoms with Gasteiger partial charge in [-0.3, -0.25) is 0 Å². The first kappa shape index (κ1) is 9.69. The quantitative estimate of drug-likeness (QED) is 0.653. The van der Waals surface area contributed by atoms with Gasteiger partial charge in [0.2, 0.25) is 0 Å². The monoisotopic (exact) mass is 176 g/mol. The molecule has 0 aliphatic carbocycles. The first-order chi connectivity index (χ1) is 6.14. The fourth-order valence-corrected chi connectivity index (χ4v) is 0.710. The van der Waals surface area contributed by atoms with E-state index in [0.717, 1.165) is 5.56 Å². The Morgan fingerprint density at radius 3 is 2.62 bits per heavy atom. The van der Waals surface area contributed by atoms with Crippen molar-refractivity contribution in [1.82, 2.24) is 9.97 Å². The van der Waals surface area contributed by atoms with Gasteiger partial charge in [-0.1, -0.05) is 5.92 Å². The molecular weight excluding hydrogens is 164 g/mol. The van der Waals surface area contributed by atoms with E-state index in [1.54, 1.807) is 12.4 Å². The molecule has 3 nitrogen and oxygen atoms in total. The highest BCUT2D eigenvalue weighted by atomic mass is 16.5. The molecule has 0 radical (unpaired) electrons. The van der Waals surface area contributed by atoms with Crippen molar-refractivity contribution in [3.8, 4) is 12.3 Å². The van der Waals surface area contributed by atoms with Crippen LogP contribution in [0.15, 0.2) is 18.7 Å². The Morgan fingerprint density at radius 2 is 2.08 bits per heavy atom. The predicted molar refractivity (Wildman–Crippen MR) is 49.7 cm³/mol. The number of terminal acetylenes is 1. The molecule has 0 saturated carbocycles. The van der Waals surface area contributed by atoms with Gasteiger partial charge >= 0.3 is 0 Å². The second-order valence-corrected chi connectivity index (χ2v) is 3.19. The Kier molecular flexibility index (Phi) is 2.99. The minimum absolute atomic E-state index is 0.442. The van der Waals surface area contributed by atoms with Crippen LogP contribution in [-0.4, -0.2) is 15.6 Å². The van der Waals surface area contributed by atoms with Crippen LogP contribution in [0.5, 0.6) is 0 Å². The molecule has 3 heteroatoms. The van der Waals surface area contributed by atoms with Crippen LogP contribution in [0.3, 0.4) is 0 Å². The van der Waals surface area contributed by atoms with Crippen LogP contribution in [0, 0.1) is 12.3 Å². The van der Waals surface area contributed by atoms with Crippen molar-refractivity contribution in [1.29, 1.82) is 0 Å². The Hall–Kier alpha value is -1.40. The summed E-state index contributed by atoms with van der Waals surface area (Å²) < 4.78 is 5.45. The molecule has 0 spiro atoms. The third-order valence-corrected chi connectivity index (χ3v) is 1.56. The van der Waals surface area contributed by atoms with Crippen LogP contribution >= 0.6 is 0 Å². The maximum absolute atomic E-state index is 5.45. The van der Waals surface area contributed by atoms with Crippen molar-refractivity contribution in [3.05, 3.63) is 24.3 Å². The van der Waals surface area contributed by atoms with Crippen molar-refractivity contribution in [3.63, 3.8) is 0 Å². The highest BCUT2D eigenvalue weighted by Crippen LogP contribution is 2.10. The molecular formula is C10H12N2O. The molecule has 0 aliphatic rings. The minimum atomic E-state index is -0.532. The van der Waals surface area contributed by atoms with E-state index in [0.29, 0.717) is 6.61 Å². The average Bonchev–Trinajstić information content (AvgIpc) is 2.17. The lowest BCUT2D eigenvalue weighted by molar-refractivity contribution is 0.0143. The molecule has 0 bridgehead atoms. The van der Waals surface area contributed by atoms with Gasteiger partial charge in [0.25, 0.3) is 0 Å². The van der Waals surface area contributed by atoms with Crippen LogP contribution in [-0.2, 0) is 11.3 Å². The summed E-state index contributed by atoms with van der Waals surface area (Å²) in [6.45, 7) is 4.13. The van der Waals surface area contributed by atoms with Crippen LogP contribution in [0.25, 0.3) is 0 Å². The molecule has 0 amide bonds. The number of hydrogen-bond acceptors (Lipinski definition) is 3. The highest BCUT2D eigenvalue weighted by Gasteiger charge is 2.13. The van der Waals surface area contributed by atoms with Gasteiger partial charge in [0, 0.05) is 18.0 Å². The lowest BCUT2D eigenvalue weighted by atomic mass is 10.1. The fraction of sp³-hybridized carbons (Fsp3) is 0.400. The van der Waals surface area contributed by atoms with Crippen LogP contribution in [0.1, 0.15) is 19.4 Å². The maximum atomic E-state index is 5.45. The molecule has 0 N–H and O–H groups in total. The molecule has 68 valence electrons. The minimum Gasteiger partial charge on any atom is -0.358 e. The standard InChI is InChI=1S/C10H12N2O/c1-4-10(2,3)13-7-9-5-11-8-12-6-9/h1,5-6,8H,7H2,2-3H3. The lowest BCUT2D eigenvalue weighted by Crippen LogP contribution is -2.21. The summed E-state index contributed by atoms with van der Waals surface area (Å²) in [5.74, 6) is 2.55. The first-order valence-electron chi connectivity index (χ1n) is 4.00. The van der Waals surface area contributed by atoms with Crippen LogP contribution < -0.4 is 0 Å². The van der Waals surface area contributed by atoms with Crippen molar-refractivity contribution >= 4 is 0 Å². The molecule has 1 aromatic rings. The normalized spacial score (nSPS) is 10.8. The third kappa shape index (κ3) is 3.22. The number of nitrogens with zero attached hydrogens (tertiary/aromatic N) is 2. The molecule has 1 aromatic heterocycles. The van der Waals surface area contributed by atoms with E-state index < -0.39 is 5.60 Å². The van der Waals surface area contributed by atoms with E-state index in [4.69, 9.17) is 11.2 Å². The van der Waals surface area contributed by atoms with E-state index in [-0.39, 0.29) is 0 Å². The summed E-state index contributed by atoms with van der Waals surface area (Å²) in [5.41, 5.74) is 0.390. The van der Waals surface area contributed by atoms with Gasteiger partial charge in [0.15, 0.2) is 0 Å². The summed E-state index contributed by atoms with van der Waals surface area (Å²) in [6.07, 6.45) is 10.2. The zero-order valence-electron chi connectivity index (χ0n) is 7.82. The third-order valence-electron chi connectivity index (χ3n) is 1.56. The number of rotatable bonds is 3. The van der Waals surface area contributed by atoms with Gasteiger partial charge < -0.3 is 4.74 Å². The number of ether oxygens (including phenoxy) is 1. The topological polar surface area (TPSA) is 35.0 Å². The largest absolute Gasteiger partial charge is 0.358 e. The summed E-state index contributed by atoms with van der Waals surface area (Å²) >= 11 is 0. The van der Waals surface area contributed by atoms with Gasteiger partial charge in [-0.15, -0.1) is 6.42 Å². The average molecular weight is 176 g/mol. The van der Waals surface area contributed by atoms with Gasteiger partial charge in [-0.25, -0.2) is 9.97 Å². The van der Waals surface area contributed by atoms with Crippen molar-refractivity contribution in [2.75, 3.05) is 0 Å². The molecule has 13 heavy (non-hydrogen) atoms. The number of hydrogen-bond donors (Lipinski definition) is 0. The molecule has 0 aromatic carbocycles. The Labute approximate surface area is 78.2 Å². The predicted octanol–water partition coefficient (Wildman–Crippen LogP) is 1.41. The van der Waals surface area contributed by atoms with Crippen molar-refractivity contribution < 1.29 is 4.74 Å². The summed E-state index contributed by atoms with van der Waals surface area (Å²) in [7, 11) is 0. The van der Waals surface area contributed by atoms with Gasteiger partial charge in [0.1, 0.15) is 11.9 Å². The second-order valence-electron chi connectivity index (χ2n) is 3.19. The summed E-state index contributed by atoms with van der Waals surface area (Å²) in [6, 6.07) is 0. The Morgan fingerprint density at radius 1 is 1.46 bits per heavy atom. The maximum Gasteiger partial charge on any atom is 0.123 e.